The van der Waals surface area contributed by atoms with E-state index in [2.05, 4.69) is 25.7 Å². The highest BCUT2D eigenvalue weighted by molar-refractivity contribution is 9.10. The number of ether oxygens (including phenoxy) is 1. The first kappa shape index (κ1) is 12.6. The minimum absolute atomic E-state index is 0.000766. The van der Waals surface area contributed by atoms with Crippen molar-refractivity contribution in [1.82, 2.24) is 9.55 Å². The molecule has 0 aliphatic carbocycles. The van der Waals surface area contributed by atoms with Crippen molar-refractivity contribution in [1.29, 1.82) is 0 Å². The molecule has 0 fully saturated rings. The molecular formula is C11H9BrFN3O2. The Hall–Kier alpha value is -1.89. The fourth-order valence-corrected chi connectivity index (χ4v) is 1.70. The van der Waals surface area contributed by atoms with Crippen LogP contribution in [-0.2, 0) is 4.74 Å². The van der Waals surface area contributed by atoms with Gasteiger partial charge in [0.25, 0.3) is 0 Å². The predicted octanol–water partition coefficient (Wildman–Crippen LogP) is 2.14. The number of aromatic nitrogens is 2. The molecule has 0 saturated carbocycles. The van der Waals surface area contributed by atoms with Crippen molar-refractivity contribution in [2.75, 3.05) is 12.8 Å². The van der Waals surface area contributed by atoms with Crippen molar-refractivity contribution >= 4 is 27.7 Å². The van der Waals surface area contributed by atoms with Gasteiger partial charge >= 0.3 is 5.97 Å². The van der Waals surface area contributed by atoms with Crippen LogP contribution >= 0.6 is 15.9 Å². The average molecular weight is 314 g/mol. The van der Waals surface area contributed by atoms with Crippen LogP contribution in [0.15, 0.2) is 29.0 Å². The maximum absolute atomic E-state index is 13.4. The summed E-state index contributed by atoms with van der Waals surface area (Å²) < 4.78 is 19.7. The lowest BCUT2D eigenvalue weighted by atomic mass is 10.3. The van der Waals surface area contributed by atoms with Crippen molar-refractivity contribution in [3.05, 3.63) is 40.5 Å². The highest BCUT2D eigenvalue weighted by Gasteiger charge is 2.17. The van der Waals surface area contributed by atoms with Crippen molar-refractivity contribution in [3.8, 4) is 5.69 Å². The molecule has 5 nitrogen and oxygen atoms in total. The summed E-state index contributed by atoms with van der Waals surface area (Å²) in [4.78, 5) is 15.2. The molecule has 2 N–H and O–H groups in total. The number of carbonyl (C=O) groups is 1. The maximum atomic E-state index is 13.4. The van der Waals surface area contributed by atoms with Crippen LogP contribution in [0.2, 0.25) is 0 Å². The first-order chi connectivity index (χ1) is 8.54. The van der Waals surface area contributed by atoms with E-state index < -0.39 is 11.8 Å². The standard InChI is InChI=1S/C11H9BrFN3O2/c1-18-11(17)9-10(14)16(5-15-9)6-2-3-7(12)8(13)4-6/h2-5H,14H2,1H3. The summed E-state index contributed by atoms with van der Waals surface area (Å²) in [6, 6.07) is 4.47. The molecule has 0 saturated heterocycles. The highest BCUT2D eigenvalue weighted by Crippen LogP contribution is 2.22. The zero-order valence-corrected chi connectivity index (χ0v) is 10.9. The minimum Gasteiger partial charge on any atom is -0.464 e. The van der Waals surface area contributed by atoms with E-state index in [9.17, 15) is 9.18 Å². The van der Waals surface area contributed by atoms with E-state index in [1.54, 1.807) is 12.1 Å². The zero-order valence-electron chi connectivity index (χ0n) is 9.35. The number of esters is 1. The Labute approximate surface area is 111 Å². The fraction of sp³-hybridized carbons (Fsp3) is 0.0909. The van der Waals surface area contributed by atoms with Gasteiger partial charge in [-0.2, -0.15) is 0 Å². The third kappa shape index (κ3) is 2.08. The van der Waals surface area contributed by atoms with Crippen LogP contribution in [0.1, 0.15) is 10.5 Å². The maximum Gasteiger partial charge on any atom is 0.360 e. The van der Waals surface area contributed by atoms with E-state index in [1.807, 2.05) is 0 Å². The summed E-state index contributed by atoms with van der Waals surface area (Å²) in [6.45, 7) is 0. The Morgan fingerprint density at radius 3 is 2.89 bits per heavy atom. The second kappa shape index (κ2) is 4.77. The molecule has 1 heterocycles. The number of nitrogen functional groups attached to an aromatic ring is 1. The van der Waals surface area contributed by atoms with Gasteiger partial charge < -0.3 is 10.5 Å². The summed E-state index contributed by atoms with van der Waals surface area (Å²) >= 11 is 3.05. The Bertz CT molecular complexity index is 612. The number of halogens is 2. The Morgan fingerprint density at radius 2 is 2.28 bits per heavy atom. The number of hydrogen-bond donors (Lipinski definition) is 1. The number of hydrogen-bond acceptors (Lipinski definition) is 4. The van der Waals surface area contributed by atoms with Gasteiger partial charge in [-0.15, -0.1) is 0 Å². The molecule has 7 heteroatoms. The van der Waals surface area contributed by atoms with Gasteiger partial charge in [0.1, 0.15) is 18.0 Å². The van der Waals surface area contributed by atoms with Gasteiger partial charge in [0.05, 0.1) is 17.3 Å². The van der Waals surface area contributed by atoms with Gasteiger partial charge in [-0.3, -0.25) is 4.57 Å². The molecular weight excluding hydrogens is 305 g/mol. The monoisotopic (exact) mass is 313 g/mol. The topological polar surface area (TPSA) is 70.1 Å². The summed E-state index contributed by atoms with van der Waals surface area (Å²) in [5.41, 5.74) is 6.23. The third-order valence-electron chi connectivity index (χ3n) is 2.36. The van der Waals surface area contributed by atoms with Crippen molar-refractivity contribution in [3.63, 3.8) is 0 Å². The van der Waals surface area contributed by atoms with Crippen molar-refractivity contribution in [2.24, 2.45) is 0 Å². The Morgan fingerprint density at radius 1 is 1.56 bits per heavy atom. The number of benzene rings is 1. The Kier molecular flexibility index (Phi) is 3.33. The predicted molar refractivity (Wildman–Crippen MR) is 67.0 cm³/mol. The van der Waals surface area contributed by atoms with E-state index in [-0.39, 0.29) is 11.5 Å². The molecule has 0 radical (unpaired) electrons. The first-order valence-corrected chi connectivity index (χ1v) is 5.70. The molecule has 0 bridgehead atoms. The lowest BCUT2D eigenvalue weighted by molar-refractivity contribution is 0.0596. The largest absolute Gasteiger partial charge is 0.464 e. The smallest absolute Gasteiger partial charge is 0.360 e. The lowest BCUT2D eigenvalue weighted by Gasteiger charge is -2.06. The van der Waals surface area contributed by atoms with Crippen LogP contribution in [0.4, 0.5) is 10.2 Å². The van der Waals surface area contributed by atoms with Crippen LogP contribution in [0.5, 0.6) is 0 Å². The van der Waals surface area contributed by atoms with Crippen molar-refractivity contribution in [2.45, 2.75) is 0 Å². The lowest BCUT2D eigenvalue weighted by Crippen LogP contribution is -2.07. The number of nitrogens with two attached hydrogens (primary N) is 1. The van der Waals surface area contributed by atoms with Gasteiger partial charge in [-0.1, -0.05) is 0 Å². The van der Waals surface area contributed by atoms with Gasteiger partial charge in [0.15, 0.2) is 5.69 Å². The SMILES string of the molecule is COC(=O)c1ncn(-c2ccc(Br)c(F)c2)c1N. The molecule has 2 aromatic rings. The van der Waals surface area contributed by atoms with E-state index in [4.69, 9.17) is 5.73 Å². The molecule has 0 atom stereocenters. The molecule has 1 aromatic carbocycles. The second-order valence-electron chi connectivity index (χ2n) is 3.44. The zero-order chi connectivity index (χ0) is 13.3. The normalized spacial score (nSPS) is 10.4. The molecule has 0 aliphatic rings. The number of imidazole rings is 1. The van der Waals surface area contributed by atoms with Crippen LogP contribution < -0.4 is 5.73 Å². The van der Waals surface area contributed by atoms with E-state index in [1.165, 1.54) is 24.1 Å². The van der Waals surface area contributed by atoms with Crippen molar-refractivity contribution < 1.29 is 13.9 Å². The molecule has 0 unspecified atom stereocenters. The minimum atomic E-state index is -0.635. The molecule has 0 spiro atoms. The van der Waals surface area contributed by atoms with E-state index in [0.29, 0.717) is 10.2 Å². The summed E-state index contributed by atoms with van der Waals surface area (Å²) in [6.07, 6.45) is 1.34. The number of anilines is 1. The summed E-state index contributed by atoms with van der Waals surface area (Å²) in [7, 11) is 1.24. The Balaban J connectivity index is 2.48. The second-order valence-corrected chi connectivity index (χ2v) is 4.29. The molecule has 0 aliphatic heterocycles. The van der Waals surface area contributed by atoms with Crippen LogP contribution in [0.25, 0.3) is 5.69 Å². The van der Waals surface area contributed by atoms with Crippen LogP contribution in [0, 0.1) is 5.82 Å². The van der Waals surface area contributed by atoms with Crippen LogP contribution in [-0.4, -0.2) is 22.6 Å². The third-order valence-corrected chi connectivity index (χ3v) is 3.01. The van der Waals surface area contributed by atoms with E-state index >= 15 is 0 Å². The number of nitrogens with zero attached hydrogens (tertiary/aromatic N) is 2. The summed E-state index contributed by atoms with van der Waals surface area (Å²) in [5.74, 6) is -0.965. The quantitative estimate of drug-likeness (QED) is 0.862. The molecule has 18 heavy (non-hydrogen) atoms. The van der Waals surface area contributed by atoms with Gasteiger partial charge in [-0.25, -0.2) is 14.2 Å². The molecule has 2 rings (SSSR count). The van der Waals surface area contributed by atoms with Gasteiger partial charge in [-0.05, 0) is 34.1 Å². The average Bonchev–Trinajstić information content (AvgIpc) is 2.74. The molecule has 1 aromatic heterocycles. The number of rotatable bonds is 2. The number of methoxy groups -OCH3 is 1. The molecule has 94 valence electrons. The van der Waals surface area contributed by atoms with Gasteiger partial charge in [0.2, 0.25) is 0 Å². The summed E-state index contributed by atoms with van der Waals surface area (Å²) in [5, 5.41) is 0. The number of carbonyl (C=O) groups excluding carboxylic acids is 1. The fourth-order valence-electron chi connectivity index (χ4n) is 1.45. The highest BCUT2D eigenvalue weighted by atomic mass is 79.9. The van der Waals surface area contributed by atoms with Crippen LogP contribution in [0.3, 0.4) is 0 Å². The van der Waals surface area contributed by atoms with E-state index in [0.717, 1.165) is 0 Å². The van der Waals surface area contributed by atoms with Gasteiger partial charge in [0, 0.05) is 0 Å². The first-order valence-electron chi connectivity index (χ1n) is 4.91. The molecule has 0 amide bonds.